The number of nitrogens with one attached hydrogen (secondary N) is 1. The third kappa shape index (κ3) is 4.61. The summed E-state index contributed by atoms with van der Waals surface area (Å²) in [4.78, 5) is 24.4. The minimum atomic E-state index is -0.613. The normalized spacial score (nSPS) is 13.7. The first kappa shape index (κ1) is 24.1. The lowest BCUT2D eigenvalue weighted by molar-refractivity contribution is -0.122. The van der Waals surface area contributed by atoms with E-state index in [-0.39, 0.29) is 27.8 Å². The number of hydrogen-bond acceptors (Lipinski definition) is 3. The third-order valence-corrected chi connectivity index (χ3v) is 7.10. The van der Waals surface area contributed by atoms with Crippen LogP contribution in [0.4, 0.5) is 0 Å². The molecule has 3 N–H and O–H groups in total. The highest BCUT2D eigenvalue weighted by atomic mass is 35.5. The lowest BCUT2D eigenvalue weighted by Gasteiger charge is -2.19. The topological polar surface area (TPSA) is 90.0 Å². The average molecular weight is 501 g/mol. The molecule has 0 atom stereocenters. The Bertz CT molecular complexity index is 1480. The number of primary amides is 1. The number of fused-ring (bicyclic) bond motifs is 1. The molecule has 4 aromatic rings. The number of hydrogen-bond donors (Lipinski definition) is 2. The molecule has 1 fully saturated rings. The number of aromatic nitrogens is 2. The molecule has 3 aromatic carbocycles. The standard InChI is InChI=1S/C29H29ClN4O2/c1-29(2,3)19-9-11-20(12-10-19)34-25-6-4-5-21(24(25)16-33-34)22-13-17(14-23(26(22)30)27(31)35)15-32-28(36)18-7-8-18/h4-6,9-14,16,18H,7-8,15H2,1-3H3,(H2,31,35)(H,32,36). The molecule has 0 aliphatic heterocycles. The second kappa shape index (κ2) is 9.10. The SMILES string of the molecule is CC(C)(C)c1ccc(-n2ncc3c(-c4cc(CNC(=O)C5CC5)cc(C(N)=O)c4Cl)cccc32)cc1. The minimum Gasteiger partial charge on any atom is -0.366 e. The summed E-state index contributed by atoms with van der Waals surface area (Å²) >= 11 is 6.70. The van der Waals surface area contributed by atoms with E-state index in [9.17, 15) is 9.59 Å². The molecule has 0 radical (unpaired) electrons. The quantitative estimate of drug-likeness (QED) is 0.352. The van der Waals surface area contributed by atoms with E-state index in [0.717, 1.165) is 40.6 Å². The first-order chi connectivity index (χ1) is 17.1. The maximum Gasteiger partial charge on any atom is 0.250 e. The molecule has 2 amide bonds. The van der Waals surface area contributed by atoms with E-state index in [2.05, 4.69) is 55.5 Å². The van der Waals surface area contributed by atoms with Gasteiger partial charge in [0, 0.05) is 23.4 Å². The van der Waals surface area contributed by atoms with E-state index >= 15 is 0 Å². The molecule has 1 aliphatic carbocycles. The predicted molar refractivity (Wildman–Crippen MR) is 143 cm³/mol. The molecular formula is C29H29ClN4O2. The van der Waals surface area contributed by atoms with Crippen LogP contribution < -0.4 is 11.1 Å². The maximum atomic E-state index is 12.2. The second-order valence-electron chi connectivity index (χ2n) is 10.5. The van der Waals surface area contributed by atoms with Crippen molar-refractivity contribution in [1.29, 1.82) is 0 Å². The Kier molecular flexibility index (Phi) is 6.08. The number of nitrogens with two attached hydrogens (primary N) is 1. The highest BCUT2D eigenvalue weighted by molar-refractivity contribution is 6.37. The Morgan fingerprint density at radius 3 is 2.44 bits per heavy atom. The van der Waals surface area contributed by atoms with E-state index in [4.69, 9.17) is 17.3 Å². The molecule has 0 saturated heterocycles. The number of rotatable bonds is 6. The Morgan fingerprint density at radius 1 is 1.08 bits per heavy atom. The molecule has 0 spiro atoms. The van der Waals surface area contributed by atoms with Gasteiger partial charge in [0.15, 0.2) is 0 Å². The fourth-order valence-corrected chi connectivity index (χ4v) is 4.74. The van der Waals surface area contributed by atoms with E-state index in [1.807, 2.05) is 35.1 Å². The van der Waals surface area contributed by atoms with Gasteiger partial charge in [0.2, 0.25) is 11.8 Å². The van der Waals surface area contributed by atoms with Gasteiger partial charge < -0.3 is 11.1 Å². The second-order valence-corrected chi connectivity index (χ2v) is 10.8. The van der Waals surface area contributed by atoms with Gasteiger partial charge in [-0.05, 0) is 65.3 Å². The molecule has 6 nitrogen and oxygen atoms in total. The number of carbonyl (C=O) groups is 2. The third-order valence-electron chi connectivity index (χ3n) is 6.69. The van der Waals surface area contributed by atoms with E-state index < -0.39 is 5.91 Å². The molecule has 5 rings (SSSR count). The minimum absolute atomic E-state index is 0.0352. The summed E-state index contributed by atoms with van der Waals surface area (Å²) < 4.78 is 1.90. The summed E-state index contributed by atoms with van der Waals surface area (Å²) in [5, 5.41) is 8.80. The van der Waals surface area contributed by atoms with Crippen molar-refractivity contribution in [2.45, 2.75) is 45.6 Å². The zero-order chi connectivity index (χ0) is 25.6. The summed E-state index contributed by atoms with van der Waals surface area (Å²) in [6, 6.07) is 17.9. The van der Waals surface area contributed by atoms with E-state index in [0.29, 0.717) is 12.1 Å². The fraction of sp³-hybridized carbons (Fsp3) is 0.276. The molecular weight excluding hydrogens is 472 g/mol. The number of amides is 2. The number of benzene rings is 3. The van der Waals surface area contributed by atoms with Crippen molar-refractivity contribution in [3.05, 3.63) is 82.5 Å². The maximum absolute atomic E-state index is 12.2. The summed E-state index contributed by atoms with van der Waals surface area (Å²) in [5.41, 5.74) is 11.3. The molecule has 7 heteroatoms. The Balaban J connectivity index is 1.57. The van der Waals surface area contributed by atoms with Gasteiger partial charge in [-0.2, -0.15) is 5.10 Å². The lowest BCUT2D eigenvalue weighted by atomic mass is 9.87. The first-order valence-electron chi connectivity index (χ1n) is 12.1. The van der Waals surface area contributed by atoms with Crippen molar-refractivity contribution in [1.82, 2.24) is 15.1 Å². The smallest absolute Gasteiger partial charge is 0.250 e. The van der Waals surface area contributed by atoms with Gasteiger partial charge in [-0.15, -0.1) is 0 Å². The molecule has 1 heterocycles. The van der Waals surface area contributed by atoms with Crippen molar-refractivity contribution < 1.29 is 9.59 Å². The van der Waals surface area contributed by atoms with Crippen LogP contribution >= 0.6 is 11.6 Å². The first-order valence-corrected chi connectivity index (χ1v) is 12.5. The largest absolute Gasteiger partial charge is 0.366 e. The van der Waals surface area contributed by atoms with Crippen molar-refractivity contribution in [2.75, 3.05) is 0 Å². The van der Waals surface area contributed by atoms with Gasteiger partial charge in [0.05, 0.1) is 28.0 Å². The molecule has 1 aromatic heterocycles. The fourth-order valence-electron chi connectivity index (χ4n) is 4.43. The van der Waals surface area contributed by atoms with Gasteiger partial charge in [0.1, 0.15) is 0 Å². The van der Waals surface area contributed by atoms with Crippen molar-refractivity contribution in [3.8, 4) is 16.8 Å². The monoisotopic (exact) mass is 500 g/mol. The predicted octanol–water partition coefficient (Wildman–Crippen LogP) is 5.77. The van der Waals surface area contributed by atoms with Gasteiger partial charge in [-0.1, -0.05) is 56.6 Å². The molecule has 0 unspecified atom stereocenters. The van der Waals surface area contributed by atoms with Gasteiger partial charge in [0.25, 0.3) is 0 Å². The van der Waals surface area contributed by atoms with Gasteiger partial charge in [-0.3, -0.25) is 9.59 Å². The number of nitrogens with zero attached hydrogens (tertiary/aromatic N) is 2. The van der Waals surface area contributed by atoms with Crippen LogP contribution in [0.1, 0.15) is 55.1 Å². The number of carbonyl (C=O) groups excluding carboxylic acids is 2. The molecule has 1 saturated carbocycles. The summed E-state index contributed by atoms with van der Waals surface area (Å²) in [7, 11) is 0. The van der Waals surface area contributed by atoms with Crippen LogP contribution in [0.25, 0.3) is 27.7 Å². The zero-order valence-electron chi connectivity index (χ0n) is 20.6. The van der Waals surface area contributed by atoms with Crippen LogP contribution in [-0.2, 0) is 16.8 Å². The average Bonchev–Trinajstić information content (AvgIpc) is 3.61. The number of halogens is 1. The van der Waals surface area contributed by atoms with Crippen LogP contribution in [0.5, 0.6) is 0 Å². The Hall–Kier alpha value is -3.64. The lowest BCUT2D eigenvalue weighted by Crippen LogP contribution is -2.24. The van der Waals surface area contributed by atoms with Gasteiger partial charge >= 0.3 is 0 Å². The van der Waals surface area contributed by atoms with Gasteiger partial charge in [-0.25, -0.2) is 4.68 Å². The van der Waals surface area contributed by atoms with Crippen LogP contribution in [0.15, 0.2) is 60.8 Å². The van der Waals surface area contributed by atoms with Crippen LogP contribution in [0.3, 0.4) is 0 Å². The Morgan fingerprint density at radius 2 is 1.81 bits per heavy atom. The van der Waals surface area contributed by atoms with Crippen LogP contribution in [0.2, 0.25) is 5.02 Å². The van der Waals surface area contributed by atoms with E-state index in [1.165, 1.54) is 5.56 Å². The summed E-state index contributed by atoms with van der Waals surface area (Å²) in [6.07, 6.45) is 3.66. The highest BCUT2D eigenvalue weighted by Gasteiger charge is 2.29. The summed E-state index contributed by atoms with van der Waals surface area (Å²) in [6.45, 7) is 6.86. The van der Waals surface area contributed by atoms with Crippen molar-refractivity contribution in [2.24, 2.45) is 11.7 Å². The Labute approximate surface area is 215 Å². The molecule has 1 aliphatic rings. The highest BCUT2D eigenvalue weighted by Crippen LogP contribution is 2.37. The molecule has 184 valence electrons. The summed E-state index contributed by atoms with van der Waals surface area (Å²) in [5.74, 6) is -0.476. The zero-order valence-corrected chi connectivity index (χ0v) is 21.4. The molecule has 0 bridgehead atoms. The van der Waals surface area contributed by atoms with Crippen LogP contribution in [0, 0.1) is 5.92 Å². The van der Waals surface area contributed by atoms with Crippen molar-refractivity contribution in [3.63, 3.8) is 0 Å². The van der Waals surface area contributed by atoms with E-state index in [1.54, 1.807) is 6.07 Å². The van der Waals surface area contributed by atoms with Crippen LogP contribution in [-0.4, -0.2) is 21.6 Å². The van der Waals surface area contributed by atoms with Crippen molar-refractivity contribution >= 4 is 34.3 Å². The molecule has 36 heavy (non-hydrogen) atoms.